The molecule has 0 N–H and O–H groups in total. The molecule has 0 aliphatic heterocycles. The number of nitrogens with zero attached hydrogens (tertiary/aromatic N) is 1. The molecule has 1 unspecified atom stereocenters. The topological polar surface area (TPSA) is 12.4 Å². The monoisotopic (exact) mass is 263 g/mol. The Morgan fingerprint density at radius 3 is 2.45 bits per heavy atom. The van der Waals surface area contributed by atoms with E-state index in [0.717, 1.165) is 11.3 Å². The second-order valence-electron chi connectivity index (χ2n) is 2.43. The third-order valence-electron chi connectivity index (χ3n) is 1.14. The molecule has 1 atom stereocenters. The maximum Gasteiger partial charge on any atom is 0.0500 e. The first-order valence-corrected chi connectivity index (χ1v) is 4.82. The van der Waals surface area contributed by atoms with Gasteiger partial charge in [-0.1, -0.05) is 35.2 Å². The molecule has 0 heterocycles. The van der Waals surface area contributed by atoms with Gasteiger partial charge in [-0.05, 0) is 26.3 Å². The average Bonchev–Trinajstić information content (AvgIpc) is 1.87. The molecule has 1 nitrogen and oxygen atoms in total. The molecule has 11 heavy (non-hydrogen) atoms. The van der Waals surface area contributed by atoms with E-state index < -0.39 is 0 Å². The summed E-state index contributed by atoms with van der Waals surface area (Å²) in [6.45, 7) is 9.80. The summed E-state index contributed by atoms with van der Waals surface area (Å²) in [5.74, 6) is 0. The molecular weight excluding hydrogens is 249 g/mol. The Balaban J connectivity index is 4.22. The number of hydrogen-bond donors (Lipinski definition) is 0. The van der Waals surface area contributed by atoms with E-state index in [2.05, 4.69) is 41.1 Å². The maximum absolute atomic E-state index is 4.27. The minimum atomic E-state index is 0.466. The zero-order valence-corrected chi connectivity index (χ0v) is 9.42. The van der Waals surface area contributed by atoms with Crippen LogP contribution in [0.3, 0.4) is 0 Å². The highest BCUT2D eigenvalue weighted by molar-refractivity contribution is 14.1. The van der Waals surface area contributed by atoms with E-state index in [1.807, 2.05) is 19.9 Å². The number of alkyl halides is 1. The van der Waals surface area contributed by atoms with Crippen LogP contribution in [0.5, 0.6) is 0 Å². The third kappa shape index (κ3) is 5.18. The van der Waals surface area contributed by atoms with Crippen molar-refractivity contribution >= 4 is 28.8 Å². The molecule has 0 bridgehead atoms. The van der Waals surface area contributed by atoms with Crippen molar-refractivity contribution in [3.8, 4) is 0 Å². The van der Waals surface area contributed by atoms with Crippen LogP contribution in [0, 0.1) is 0 Å². The van der Waals surface area contributed by atoms with E-state index in [0.29, 0.717) is 3.92 Å². The number of rotatable bonds is 3. The summed E-state index contributed by atoms with van der Waals surface area (Å²) < 4.78 is 0.466. The highest BCUT2D eigenvalue weighted by atomic mass is 127. The fraction of sp³-hybridized carbons (Fsp3) is 0.444. The fourth-order valence-electron chi connectivity index (χ4n) is 0.592. The molecule has 0 fully saturated rings. The fourth-order valence-corrected chi connectivity index (χ4v) is 1.11. The van der Waals surface area contributed by atoms with Crippen molar-refractivity contribution in [2.24, 2.45) is 4.99 Å². The van der Waals surface area contributed by atoms with Crippen LogP contribution in [0.15, 0.2) is 28.9 Å². The molecule has 0 spiro atoms. The van der Waals surface area contributed by atoms with Crippen LogP contribution < -0.4 is 0 Å². The van der Waals surface area contributed by atoms with Crippen LogP contribution in [-0.4, -0.2) is 10.1 Å². The molecule has 0 saturated carbocycles. The van der Waals surface area contributed by atoms with Crippen LogP contribution >= 0.6 is 22.6 Å². The molecule has 62 valence electrons. The van der Waals surface area contributed by atoms with Gasteiger partial charge in [-0.15, -0.1) is 0 Å². The lowest BCUT2D eigenvalue weighted by molar-refractivity contribution is 1.12. The number of halogens is 1. The molecule has 0 rings (SSSR count). The Morgan fingerprint density at radius 2 is 2.18 bits per heavy atom. The van der Waals surface area contributed by atoms with Gasteiger partial charge < -0.3 is 0 Å². The van der Waals surface area contributed by atoms with Gasteiger partial charge in [-0.25, -0.2) is 0 Å². The number of hydrogen-bond acceptors (Lipinski definition) is 1. The van der Waals surface area contributed by atoms with Crippen molar-refractivity contribution in [3.05, 3.63) is 23.9 Å². The first-order valence-electron chi connectivity index (χ1n) is 3.57. The van der Waals surface area contributed by atoms with E-state index in [-0.39, 0.29) is 0 Å². The first-order chi connectivity index (χ1) is 5.07. The second-order valence-corrected chi connectivity index (χ2v) is 4.30. The van der Waals surface area contributed by atoms with E-state index in [1.54, 1.807) is 6.21 Å². The summed E-state index contributed by atoms with van der Waals surface area (Å²) in [7, 11) is 0. The molecular formula is C9H14IN. The van der Waals surface area contributed by atoms with Gasteiger partial charge in [0.1, 0.15) is 0 Å². The quantitative estimate of drug-likeness (QED) is 0.420. The Labute approximate surface area is 82.4 Å². The zero-order chi connectivity index (χ0) is 8.85. The van der Waals surface area contributed by atoms with Gasteiger partial charge in [0, 0.05) is 11.9 Å². The summed E-state index contributed by atoms with van der Waals surface area (Å²) in [4.78, 5) is 4.27. The van der Waals surface area contributed by atoms with Crippen molar-refractivity contribution in [1.82, 2.24) is 0 Å². The van der Waals surface area contributed by atoms with Crippen LogP contribution in [0.1, 0.15) is 20.8 Å². The maximum atomic E-state index is 4.27. The number of allylic oxidation sites excluding steroid dienone is 3. The van der Waals surface area contributed by atoms with Gasteiger partial charge in [-0.2, -0.15) is 0 Å². The molecule has 0 aromatic heterocycles. The Hall–Kier alpha value is -0.120. The molecule has 0 amide bonds. The smallest absolute Gasteiger partial charge is 0.0500 e. The van der Waals surface area contributed by atoms with Gasteiger partial charge in [0.15, 0.2) is 0 Å². The van der Waals surface area contributed by atoms with Crippen molar-refractivity contribution < 1.29 is 0 Å². The summed E-state index contributed by atoms with van der Waals surface area (Å²) in [5.41, 5.74) is 2.09. The molecule has 2 heteroatoms. The van der Waals surface area contributed by atoms with Crippen LogP contribution in [0.4, 0.5) is 0 Å². The van der Waals surface area contributed by atoms with Gasteiger partial charge >= 0.3 is 0 Å². The van der Waals surface area contributed by atoms with Gasteiger partial charge in [0.05, 0.1) is 3.92 Å². The van der Waals surface area contributed by atoms with Gasteiger partial charge in [0.25, 0.3) is 0 Å². The standard InChI is InChI=1S/C9H14IN/c1-5-9(8(4)10)11-6-7(2)3/h5-6,8H,2H2,1,3-4H3/b9-5-,11-6-. The predicted molar refractivity (Wildman–Crippen MR) is 60.5 cm³/mol. The van der Waals surface area contributed by atoms with E-state index in [1.165, 1.54) is 0 Å². The van der Waals surface area contributed by atoms with Gasteiger partial charge in [0.2, 0.25) is 0 Å². The van der Waals surface area contributed by atoms with E-state index >= 15 is 0 Å². The molecule has 0 aromatic carbocycles. The molecule has 0 radical (unpaired) electrons. The molecule has 0 aliphatic rings. The van der Waals surface area contributed by atoms with Crippen molar-refractivity contribution in [2.45, 2.75) is 24.7 Å². The highest BCUT2D eigenvalue weighted by Gasteiger charge is 1.98. The normalized spacial score (nSPS) is 15.5. The highest BCUT2D eigenvalue weighted by Crippen LogP contribution is 2.12. The summed E-state index contributed by atoms with van der Waals surface area (Å²) in [5, 5.41) is 0. The van der Waals surface area contributed by atoms with Gasteiger partial charge in [-0.3, -0.25) is 4.99 Å². The Kier molecular flexibility index (Phi) is 5.46. The largest absolute Gasteiger partial charge is 0.260 e. The minimum Gasteiger partial charge on any atom is -0.260 e. The average molecular weight is 263 g/mol. The lowest BCUT2D eigenvalue weighted by Gasteiger charge is -2.01. The van der Waals surface area contributed by atoms with Crippen molar-refractivity contribution in [3.63, 3.8) is 0 Å². The molecule has 0 saturated heterocycles. The second kappa shape index (κ2) is 5.52. The van der Waals surface area contributed by atoms with Crippen LogP contribution in [0.2, 0.25) is 0 Å². The third-order valence-corrected chi connectivity index (χ3v) is 1.78. The van der Waals surface area contributed by atoms with Crippen LogP contribution in [-0.2, 0) is 0 Å². The predicted octanol–water partition coefficient (Wildman–Crippen LogP) is 3.36. The minimum absolute atomic E-state index is 0.466. The molecule has 0 aliphatic carbocycles. The summed E-state index contributed by atoms with van der Waals surface area (Å²) in [6.07, 6.45) is 3.82. The lowest BCUT2D eigenvalue weighted by Crippen LogP contribution is -1.93. The van der Waals surface area contributed by atoms with Crippen molar-refractivity contribution in [1.29, 1.82) is 0 Å². The van der Waals surface area contributed by atoms with Crippen LogP contribution in [0.25, 0.3) is 0 Å². The Morgan fingerprint density at radius 1 is 1.64 bits per heavy atom. The Bertz CT molecular complexity index is 190. The zero-order valence-electron chi connectivity index (χ0n) is 7.26. The van der Waals surface area contributed by atoms with E-state index in [9.17, 15) is 0 Å². The number of aliphatic imine (C=N–C) groups is 1. The lowest BCUT2D eigenvalue weighted by atomic mass is 10.3. The summed E-state index contributed by atoms with van der Waals surface area (Å²) >= 11 is 2.34. The molecule has 0 aromatic rings. The first kappa shape index (κ1) is 10.9. The summed E-state index contributed by atoms with van der Waals surface area (Å²) in [6, 6.07) is 0. The SMILES string of the molecule is C=C(C)/C=N\C(=C/C)C(C)I. The van der Waals surface area contributed by atoms with E-state index in [4.69, 9.17) is 0 Å². The van der Waals surface area contributed by atoms with Crippen molar-refractivity contribution in [2.75, 3.05) is 0 Å².